The second-order valence-electron chi connectivity index (χ2n) is 9.41. The van der Waals surface area contributed by atoms with Gasteiger partial charge in [-0.25, -0.2) is 9.59 Å². The molecule has 2 fully saturated rings. The molecule has 8 nitrogen and oxygen atoms in total. The third kappa shape index (κ3) is 4.27. The van der Waals surface area contributed by atoms with Crippen LogP contribution < -0.4 is 5.32 Å². The maximum Gasteiger partial charge on any atom is 0.407 e. The monoisotopic (exact) mass is 478 g/mol. The predicted molar refractivity (Wildman–Crippen MR) is 128 cm³/mol. The van der Waals surface area contributed by atoms with Crippen molar-refractivity contribution in [2.24, 2.45) is 5.92 Å². The summed E-state index contributed by atoms with van der Waals surface area (Å²) in [5, 5.41) is 12.4. The Kier molecular flexibility index (Phi) is 6.47. The van der Waals surface area contributed by atoms with Crippen molar-refractivity contribution in [3.8, 4) is 11.1 Å². The van der Waals surface area contributed by atoms with E-state index in [1.807, 2.05) is 31.2 Å². The van der Waals surface area contributed by atoms with Gasteiger partial charge in [-0.3, -0.25) is 4.79 Å². The smallest absolute Gasteiger partial charge is 0.407 e. The fourth-order valence-corrected chi connectivity index (χ4v) is 5.76. The highest BCUT2D eigenvalue weighted by atomic mass is 16.5. The number of carbonyl (C=O) groups is 3. The van der Waals surface area contributed by atoms with E-state index >= 15 is 0 Å². The maximum absolute atomic E-state index is 13.3. The molecule has 2 aliphatic heterocycles. The zero-order chi connectivity index (χ0) is 24.5. The van der Waals surface area contributed by atoms with Crippen molar-refractivity contribution in [2.45, 2.75) is 50.3 Å². The van der Waals surface area contributed by atoms with E-state index in [1.54, 1.807) is 0 Å². The fourth-order valence-electron chi connectivity index (χ4n) is 5.76. The van der Waals surface area contributed by atoms with Crippen molar-refractivity contribution in [1.82, 2.24) is 10.2 Å². The molecule has 2 aromatic carbocycles. The number of aliphatic carboxylic acids is 1. The summed E-state index contributed by atoms with van der Waals surface area (Å²) in [6, 6.07) is 15.1. The number of carboxylic acid groups (broad SMARTS) is 1. The molecule has 4 atom stereocenters. The highest BCUT2D eigenvalue weighted by molar-refractivity contribution is 5.87. The summed E-state index contributed by atoms with van der Waals surface area (Å²) in [5.41, 5.74) is 4.57. The number of carboxylic acids is 1. The van der Waals surface area contributed by atoms with E-state index in [2.05, 4.69) is 29.6 Å². The van der Waals surface area contributed by atoms with Gasteiger partial charge in [0.25, 0.3) is 0 Å². The molecule has 3 aliphatic rings. The molecule has 0 aromatic heterocycles. The van der Waals surface area contributed by atoms with Crippen LogP contribution in [-0.2, 0) is 19.1 Å². The average Bonchev–Trinajstić information content (AvgIpc) is 3.54. The first-order chi connectivity index (χ1) is 17.0. The van der Waals surface area contributed by atoms with Crippen LogP contribution in [0.4, 0.5) is 4.79 Å². The number of likely N-dealkylation sites (tertiary alicyclic amines) is 1. The number of hydrogen-bond donors (Lipinski definition) is 2. The maximum atomic E-state index is 13.3. The van der Waals surface area contributed by atoms with Crippen molar-refractivity contribution in [3.63, 3.8) is 0 Å². The van der Waals surface area contributed by atoms with Crippen LogP contribution in [0.2, 0.25) is 0 Å². The molecule has 1 aliphatic carbocycles. The summed E-state index contributed by atoms with van der Waals surface area (Å²) in [6.07, 6.45) is 0.603. The summed E-state index contributed by atoms with van der Waals surface area (Å²) >= 11 is 0. The molecule has 2 amide bonds. The molecule has 0 saturated carbocycles. The number of ether oxygens (including phenoxy) is 2. The van der Waals surface area contributed by atoms with Gasteiger partial charge in [0.2, 0.25) is 5.91 Å². The van der Waals surface area contributed by atoms with E-state index in [1.165, 1.54) is 4.90 Å². The normalized spacial score (nSPS) is 23.3. The minimum atomic E-state index is -1.02. The van der Waals surface area contributed by atoms with Crippen LogP contribution in [-0.4, -0.2) is 65.9 Å². The minimum Gasteiger partial charge on any atom is -0.480 e. The van der Waals surface area contributed by atoms with E-state index in [4.69, 9.17) is 9.47 Å². The van der Waals surface area contributed by atoms with Gasteiger partial charge >= 0.3 is 12.1 Å². The van der Waals surface area contributed by atoms with Crippen molar-refractivity contribution in [1.29, 1.82) is 0 Å². The van der Waals surface area contributed by atoms with Crippen molar-refractivity contribution >= 4 is 18.0 Å². The van der Waals surface area contributed by atoms with Gasteiger partial charge in [0.15, 0.2) is 0 Å². The Bertz CT molecular complexity index is 1090. The zero-order valence-corrected chi connectivity index (χ0v) is 19.7. The second kappa shape index (κ2) is 9.70. The number of benzene rings is 2. The Labute approximate surface area is 204 Å². The molecule has 2 N–H and O–H groups in total. The Morgan fingerprint density at radius 1 is 1.11 bits per heavy atom. The molecular weight excluding hydrogens is 448 g/mol. The van der Waals surface area contributed by atoms with Crippen LogP contribution in [0, 0.1) is 5.92 Å². The minimum absolute atomic E-state index is 0.0445. The Morgan fingerprint density at radius 2 is 1.77 bits per heavy atom. The van der Waals surface area contributed by atoms with Crippen molar-refractivity contribution in [2.75, 3.05) is 19.8 Å². The van der Waals surface area contributed by atoms with E-state index < -0.39 is 24.0 Å². The largest absolute Gasteiger partial charge is 0.480 e. The lowest BCUT2D eigenvalue weighted by atomic mass is 9.98. The van der Waals surface area contributed by atoms with Crippen LogP contribution in [0.3, 0.4) is 0 Å². The Balaban J connectivity index is 1.20. The molecule has 2 aromatic rings. The van der Waals surface area contributed by atoms with Gasteiger partial charge in [0.1, 0.15) is 12.6 Å². The Morgan fingerprint density at radius 3 is 2.40 bits per heavy atom. The van der Waals surface area contributed by atoms with Crippen LogP contribution >= 0.6 is 0 Å². The highest BCUT2D eigenvalue weighted by Crippen LogP contribution is 2.44. The number of nitrogens with one attached hydrogen (secondary N) is 1. The van der Waals surface area contributed by atoms with Crippen LogP contribution in [0.15, 0.2) is 48.5 Å². The summed E-state index contributed by atoms with van der Waals surface area (Å²) in [4.78, 5) is 39.1. The molecule has 184 valence electrons. The summed E-state index contributed by atoms with van der Waals surface area (Å²) in [5.74, 6) is -1.85. The number of rotatable bonds is 7. The third-order valence-corrected chi connectivity index (χ3v) is 7.54. The predicted octanol–water partition coefficient (Wildman–Crippen LogP) is 3.39. The molecule has 0 radical (unpaired) electrons. The molecule has 2 saturated heterocycles. The number of carbonyl (C=O) groups excluding carboxylic acids is 2. The van der Waals surface area contributed by atoms with Gasteiger partial charge in [0, 0.05) is 25.5 Å². The Hall–Kier alpha value is -3.39. The van der Waals surface area contributed by atoms with Gasteiger partial charge < -0.3 is 24.8 Å². The molecule has 5 rings (SSSR count). The number of amides is 2. The van der Waals surface area contributed by atoms with Crippen LogP contribution in [0.5, 0.6) is 0 Å². The number of nitrogens with zero attached hydrogens (tertiary/aromatic N) is 1. The van der Waals surface area contributed by atoms with E-state index in [9.17, 15) is 19.5 Å². The molecule has 8 heteroatoms. The average molecular weight is 479 g/mol. The molecule has 0 spiro atoms. The number of alkyl carbamates (subject to hydrolysis) is 1. The zero-order valence-electron chi connectivity index (χ0n) is 19.7. The summed E-state index contributed by atoms with van der Waals surface area (Å²) < 4.78 is 11.2. The standard InChI is InChI=1S/C27H30N2O6/c1-2-16(25(30)29-22-11-12-34-24(22)13-23(29)26(31)32)14-28-27(33)35-15-21-19-9-5-3-7-17(19)18-8-4-6-10-20(18)21/h3-10,16,21-24H,2,11-15H2,1H3,(H,28,33)(H,31,32)/t16?,22-,23?,24-/m1/s1. The summed E-state index contributed by atoms with van der Waals surface area (Å²) in [7, 11) is 0. The summed E-state index contributed by atoms with van der Waals surface area (Å²) in [6.45, 7) is 2.67. The van der Waals surface area contributed by atoms with Crippen LogP contribution in [0.25, 0.3) is 11.1 Å². The first-order valence-electron chi connectivity index (χ1n) is 12.2. The fraction of sp³-hybridized carbons (Fsp3) is 0.444. The first-order valence-corrected chi connectivity index (χ1v) is 12.2. The van der Waals surface area contributed by atoms with Gasteiger partial charge in [-0.2, -0.15) is 0 Å². The van der Waals surface area contributed by atoms with Gasteiger partial charge in [0.05, 0.1) is 18.1 Å². The molecule has 0 bridgehead atoms. The van der Waals surface area contributed by atoms with Gasteiger partial charge in [-0.05, 0) is 35.1 Å². The van der Waals surface area contributed by atoms with E-state index in [0.717, 1.165) is 22.3 Å². The number of fused-ring (bicyclic) bond motifs is 4. The van der Waals surface area contributed by atoms with E-state index in [-0.39, 0.29) is 37.1 Å². The SMILES string of the molecule is CCC(CNC(=O)OCC1c2ccccc2-c2ccccc21)C(=O)N1C(C(=O)O)C[C@H]2OCC[C@H]21. The highest BCUT2D eigenvalue weighted by Gasteiger charge is 2.50. The second-order valence-corrected chi connectivity index (χ2v) is 9.41. The van der Waals surface area contributed by atoms with E-state index in [0.29, 0.717) is 25.9 Å². The van der Waals surface area contributed by atoms with Crippen molar-refractivity contribution in [3.05, 3.63) is 59.7 Å². The van der Waals surface area contributed by atoms with Crippen LogP contribution in [0.1, 0.15) is 43.2 Å². The lowest BCUT2D eigenvalue weighted by Crippen LogP contribution is -2.50. The molecular formula is C27H30N2O6. The molecule has 2 unspecified atom stereocenters. The topological polar surface area (TPSA) is 105 Å². The van der Waals surface area contributed by atoms with Crippen molar-refractivity contribution < 1.29 is 29.0 Å². The lowest BCUT2D eigenvalue weighted by molar-refractivity contribution is -0.151. The lowest BCUT2D eigenvalue weighted by Gasteiger charge is -2.30. The van der Waals surface area contributed by atoms with Gasteiger partial charge in [-0.15, -0.1) is 0 Å². The number of hydrogen-bond acceptors (Lipinski definition) is 5. The molecule has 2 heterocycles. The third-order valence-electron chi connectivity index (χ3n) is 7.54. The quantitative estimate of drug-likeness (QED) is 0.632. The molecule has 35 heavy (non-hydrogen) atoms. The first kappa shape index (κ1) is 23.4. The van der Waals surface area contributed by atoms with Gasteiger partial charge in [-0.1, -0.05) is 55.5 Å².